The van der Waals surface area contributed by atoms with Crippen LogP contribution in [0.2, 0.25) is 0 Å². The van der Waals surface area contributed by atoms with Gasteiger partial charge < -0.3 is 0 Å². The molecule has 0 bridgehead atoms. The molecule has 0 aliphatic carbocycles. The lowest BCUT2D eigenvalue weighted by Crippen LogP contribution is -2.52. The van der Waals surface area contributed by atoms with E-state index in [1.165, 1.54) is 34.2 Å². The first-order valence-electron chi connectivity index (χ1n) is 17.4. The van der Waals surface area contributed by atoms with Crippen LogP contribution in [0, 0.1) is 35.5 Å². The molecule has 43 heavy (non-hydrogen) atoms. The summed E-state index contributed by atoms with van der Waals surface area (Å²) in [6, 6.07) is 7.14. The van der Waals surface area contributed by atoms with Crippen LogP contribution in [0.4, 0.5) is 0 Å². The molecule has 0 amide bonds. The Balaban J connectivity index is 2.53. The SMILES string of the molecule is CCCC(n1nc(CC(C)C)cc1CC(C)C)(n1nc(CC(C)C)cc1CC(C)C)n1nc(CC(C)C)cc1CC(C)C. The molecular weight excluding hydrogens is 528 g/mol. The van der Waals surface area contributed by atoms with Crippen LogP contribution in [0.25, 0.3) is 0 Å². The van der Waals surface area contributed by atoms with E-state index in [-0.39, 0.29) is 0 Å². The molecule has 3 aromatic rings. The molecule has 0 unspecified atom stereocenters. The zero-order valence-corrected chi connectivity index (χ0v) is 30.0. The Bertz CT molecular complexity index is 1120. The van der Waals surface area contributed by atoms with Crippen molar-refractivity contribution in [1.29, 1.82) is 0 Å². The quantitative estimate of drug-likeness (QED) is 0.157. The summed E-state index contributed by atoms with van der Waals surface area (Å²) in [5.41, 5.74) is 7.37. The average molecular weight is 593 g/mol. The van der Waals surface area contributed by atoms with Crippen molar-refractivity contribution in [1.82, 2.24) is 29.3 Å². The van der Waals surface area contributed by atoms with Crippen LogP contribution < -0.4 is 0 Å². The zero-order chi connectivity index (χ0) is 32.1. The molecule has 6 nitrogen and oxygen atoms in total. The molecule has 3 rings (SSSR count). The van der Waals surface area contributed by atoms with E-state index in [0.717, 1.165) is 51.4 Å². The Hall–Kier alpha value is -2.37. The Morgan fingerprint density at radius 1 is 0.465 bits per heavy atom. The van der Waals surface area contributed by atoms with Crippen LogP contribution in [0.15, 0.2) is 18.2 Å². The van der Waals surface area contributed by atoms with Gasteiger partial charge in [-0.3, -0.25) is 0 Å². The van der Waals surface area contributed by atoms with Crippen LogP contribution in [-0.4, -0.2) is 29.3 Å². The standard InChI is InChI=1S/C37H64N6/c1-14-15-37(41-34(19-28(8)9)22-31(38-41)16-25(2)3,42-35(20-29(10)11)23-32(39-42)17-26(4)5)43-36(21-30(12)13)24-33(40-43)18-27(6)7/h22-30H,14-21H2,1-13H3. The molecular formula is C37H64N6. The molecule has 0 N–H and O–H groups in total. The molecule has 0 fully saturated rings. The first-order valence-corrected chi connectivity index (χ1v) is 17.4. The maximum absolute atomic E-state index is 5.52. The van der Waals surface area contributed by atoms with E-state index >= 15 is 0 Å². The highest BCUT2D eigenvalue weighted by molar-refractivity contribution is 5.22. The topological polar surface area (TPSA) is 53.5 Å². The van der Waals surface area contributed by atoms with Gasteiger partial charge in [-0.1, -0.05) is 90.0 Å². The van der Waals surface area contributed by atoms with Crippen molar-refractivity contribution < 1.29 is 0 Å². The lowest BCUT2D eigenvalue weighted by Gasteiger charge is -2.39. The minimum absolute atomic E-state index is 0.509. The van der Waals surface area contributed by atoms with E-state index < -0.39 is 5.79 Å². The Labute approximate surface area is 264 Å². The zero-order valence-electron chi connectivity index (χ0n) is 30.0. The van der Waals surface area contributed by atoms with E-state index in [1.54, 1.807) is 0 Å². The van der Waals surface area contributed by atoms with Gasteiger partial charge in [0.15, 0.2) is 0 Å². The molecule has 0 spiro atoms. The average Bonchev–Trinajstić information content (AvgIpc) is 3.53. The Morgan fingerprint density at radius 2 is 0.721 bits per heavy atom. The van der Waals surface area contributed by atoms with Gasteiger partial charge in [-0.15, -0.1) is 0 Å². The molecule has 0 saturated carbocycles. The second-order valence-electron chi connectivity index (χ2n) is 15.7. The summed E-state index contributed by atoms with van der Waals surface area (Å²) < 4.78 is 7.13. The highest BCUT2D eigenvalue weighted by Gasteiger charge is 2.44. The number of hydrogen-bond acceptors (Lipinski definition) is 3. The highest BCUT2D eigenvalue weighted by atomic mass is 15.6. The van der Waals surface area contributed by atoms with E-state index in [1.807, 2.05) is 0 Å². The Morgan fingerprint density at radius 3 is 0.930 bits per heavy atom. The van der Waals surface area contributed by atoms with Gasteiger partial charge in [0.2, 0.25) is 5.79 Å². The van der Waals surface area contributed by atoms with Gasteiger partial charge in [0.1, 0.15) is 0 Å². The second kappa shape index (κ2) is 15.1. The minimum atomic E-state index is -0.701. The molecule has 242 valence electrons. The summed E-state index contributed by atoms with van der Waals surface area (Å²) in [4.78, 5) is 0. The van der Waals surface area contributed by atoms with Crippen molar-refractivity contribution >= 4 is 0 Å². The maximum atomic E-state index is 5.52. The summed E-state index contributed by atoms with van der Waals surface area (Å²) in [5, 5.41) is 16.6. The molecule has 0 saturated heterocycles. The fourth-order valence-electron chi connectivity index (χ4n) is 6.52. The number of hydrogen-bond donors (Lipinski definition) is 0. The monoisotopic (exact) mass is 593 g/mol. The highest BCUT2D eigenvalue weighted by Crippen LogP contribution is 2.35. The largest absolute Gasteiger partial charge is 0.249 e. The molecule has 3 aromatic heterocycles. The van der Waals surface area contributed by atoms with E-state index in [2.05, 4.69) is 122 Å². The van der Waals surface area contributed by atoms with E-state index in [9.17, 15) is 0 Å². The number of nitrogens with zero attached hydrogens (tertiary/aromatic N) is 6. The van der Waals surface area contributed by atoms with Gasteiger partial charge in [0.05, 0.1) is 17.1 Å². The fraction of sp³-hybridized carbons (Fsp3) is 0.757. The van der Waals surface area contributed by atoms with Gasteiger partial charge in [0, 0.05) is 23.5 Å². The normalized spacial score (nSPS) is 12.9. The van der Waals surface area contributed by atoms with Crippen molar-refractivity contribution in [2.75, 3.05) is 0 Å². The smallest absolute Gasteiger partial charge is 0.221 e. The third-order valence-corrected chi connectivity index (χ3v) is 7.81. The Kier molecular flexibility index (Phi) is 12.3. The molecule has 3 heterocycles. The summed E-state index contributed by atoms with van der Waals surface area (Å²) in [6.45, 7) is 30.0. The van der Waals surface area contributed by atoms with E-state index in [4.69, 9.17) is 15.3 Å². The van der Waals surface area contributed by atoms with Crippen LogP contribution >= 0.6 is 0 Å². The van der Waals surface area contributed by atoms with E-state index in [0.29, 0.717) is 35.5 Å². The molecule has 0 aromatic carbocycles. The lowest BCUT2D eigenvalue weighted by molar-refractivity contribution is 0.0865. The maximum Gasteiger partial charge on any atom is 0.249 e. The molecule has 6 heteroatoms. The van der Waals surface area contributed by atoms with Crippen molar-refractivity contribution in [3.63, 3.8) is 0 Å². The minimum Gasteiger partial charge on any atom is -0.221 e. The first-order chi connectivity index (χ1) is 20.2. The first kappa shape index (κ1) is 35.1. The van der Waals surface area contributed by atoms with Crippen LogP contribution in [0.3, 0.4) is 0 Å². The van der Waals surface area contributed by atoms with Crippen LogP contribution in [0.1, 0.15) is 137 Å². The predicted octanol–water partition coefficient (Wildman–Crippen LogP) is 8.97. The van der Waals surface area contributed by atoms with Gasteiger partial charge >= 0.3 is 0 Å². The van der Waals surface area contributed by atoms with Crippen molar-refractivity contribution in [3.05, 3.63) is 52.4 Å². The predicted molar refractivity (Wildman–Crippen MR) is 182 cm³/mol. The van der Waals surface area contributed by atoms with Crippen molar-refractivity contribution in [2.24, 2.45) is 35.5 Å². The number of rotatable bonds is 17. The molecule has 0 radical (unpaired) electrons. The third kappa shape index (κ3) is 8.85. The fourth-order valence-corrected chi connectivity index (χ4v) is 6.52. The summed E-state index contributed by atoms with van der Waals surface area (Å²) in [5.74, 6) is 2.43. The second-order valence-corrected chi connectivity index (χ2v) is 15.7. The molecule has 0 atom stereocenters. The summed E-state index contributed by atoms with van der Waals surface area (Å²) >= 11 is 0. The van der Waals surface area contributed by atoms with Crippen LogP contribution in [0.5, 0.6) is 0 Å². The lowest BCUT2D eigenvalue weighted by atomic mass is 10.0. The van der Waals surface area contributed by atoms with Gasteiger partial charge in [0.25, 0.3) is 0 Å². The van der Waals surface area contributed by atoms with Gasteiger partial charge in [-0.2, -0.15) is 15.3 Å². The van der Waals surface area contributed by atoms with Crippen molar-refractivity contribution in [3.8, 4) is 0 Å². The molecule has 0 aliphatic heterocycles. The van der Waals surface area contributed by atoms with Crippen molar-refractivity contribution in [2.45, 2.75) is 147 Å². The number of aromatic nitrogens is 6. The molecule has 0 aliphatic rings. The van der Waals surface area contributed by atoms with Crippen LogP contribution in [-0.2, 0) is 44.3 Å². The third-order valence-electron chi connectivity index (χ3n) is 7.81. The van der Waals surface area contributed by atoms with Gasteiger partial charge in [-0.25, -0.2) is 14.0 Å². The summed E-state index contributed by atoms with van der Waals surface area (Å²) in [6.07, 6.45) is 7.65. The summed E-state index contributed by atoms with van der Waals surface area (Å²) in [7, 11) is 0. The van der Waals surface area contributed by atoms with Gasteiger partial charge in [-0.05, 0) is 98.7 Å².